The summed E-state index contributed by atoms with van der Waals surface area (Å²) in [7, 11) is 0. The third kappa shape index (κ3) is 6.20. The Kier molecular flexibility index (Phi) is 6.82. The highest BCUT2D eigenvalue weighted by Crippen LogP contribution is 2.16. The van der Waals surface area contributed by atoms with Crippen LogP contribution in [0, 0.1) is 0 Å². The number of carboxylic acid groups (broad SMARTS) is 1. The van der Waals surface area contributed by atoms with Crippen LogP contribution in [0.5, 0.6) is 0 Å². The lowest BCUT2D eigenvalue weighted by molar-refractivity contribution is -0.192. The molecule has 142 valence electrons. The quantitative estimate of drug-likeness (QED) is 0.872. The zero-order chi connectivity index (χ0) is 19.2. The van der Waals surface area contributed by atoms with Crippen LogP contribution in [0.3, 0.4) is 0 Å². The Labute approximate surface area is 149 Å². The zero-order valence-corrected chi connectivity index (χ0v) is 14.1. The molecule has 0 radical (unpaired) electrons. The van der Waals surface area contributed by atoms with E-state index in [4.69, 9.17) is 9.90 Å². The second kappa shape index (κ2) is 8.86. The Morgan fingerprint density at radius 1 is 1.15 bits per heavy atom. The molecule has 2 heterocycles. The molecule has 3 rings (SSSR count). The number of aliphatic hydroxyl groups excluding tert-OH is 1. The zero-order valence-electron chi connectivity index (χ0n) is 14.1. The Hall–Kier alpha value is -2.32. The molecule has 0 spiro atoms. The van der Waals surface area contributed by atoms with E-state index in [1.54, 1.807) is 0 Å². The summed E-state index contributed by atoms with van der Waals surface area (Å²) < 4.78 is 33.8. The summed E-state index contributed by atoms with van der Waals surface area (Å²) in [5, 5.41) is 16.8. The number of piperidine rings is 1. The van der Waals surface area contributed by atoms with Gasteiger partial charge in [0.15, 0.2) is 0 Å². The fourth-order valence-corrected chi connectivity index (χ4v) is 2.71. The third-order valence-corrected chi connectivity index (χ3v) is 3.97. The number of carboxylic acids is 1. The Bertz CT molecular complexity index is 685. The monoisotopic (exact) mass is 370 g/mol. The standard InChI is InChI=1S/C16H20N2O.C2HF3O2/c19-16-4-3-9-17(13-16)12-14-5-7-15(8-6-14)18-10-1-2-11-18;3-2(4,5)1(6)7/h1-2,5-8,10-11,16,19H,3-4,9,12-13H2;(H,6,7). The summed E-state index contributed by atoms with van der Waals surface area (Å²) in [4.78, 5) is 11.2. The van der Waals surface area contributed by atoms with Crippen molar-refractivity contribution in [3.05, 3.63) is 54.4 Å². The van der Waals surface area contributed by atoms with Gasteiger partial charge in [0.1, 0.15) is 0 Å². The molecule has 5 nitrogen and oxygen atoms in total. The van der Waals surface area contributed by atoms with Gasteiger partial charge in [-0.25, -0.2) is 4.79 Å². The number of aliphatic hydroxyl groups is 1. The summed E-state index contributed by atoms with van der Waals surface area (Å²) in [6.45, 7) is 2.83. The van der Waals surface area contributed by atoms with Crippen LogP contribution in [0.15, 0.2) is 48.8 Å². The number of halogens is 3. The van der Waals surface area contributed by atoms with Gasteiger partial charge in [-0.15, -0.1) is 0 Å². The van der Waals surface area contributed by atoms with Crippen LogP contribution in [0.1, 0.15) is 18.4 Å². The maximum atomic E-state index is 10.6. The van der Waals surface area contributed by atoms with E-state index in [0.29, 0.717) is 0 Å². The Morgan fingerprint density at radius 2 is 1.73 bits per heavy atom. The number of nitrogens with zero attached hydrogens (tertiary/aromatic N) is 2. The van der Waals surface area contributed by atoms with Gasteiger partial charge in [-0.2, -0.15) is 13.2 Å². The number of aromatic nitrogens is 1. The maximum absolute atomic E-state index is 10.6. The average molecular weight is 370 g/mol. The van der Waals surface area contributed by atoms with Gasteiger partial charge in [-0.1, -0.05) is 12.1 Å². The van der Waals surface area contributed by atoms with E-state index in [0.717, 1.165) is 32.5 Å². The van der Waals surface area contributed by atoms with Crippen molar-refractivity contribution in [1.82, 2.24) is 9.47 Å². The van der Waals surface area contributed by atoms with Crippen molar-refractivity contribution in [2.45, 2.75) is 31.7 Å². The van der Waals surface area contributed by atoms with Gasteiger partial charge in [-0.05, 0) is 49.2 Å². The number of hydrogen-bond acceptors (Lipinski definition) is 3. The smallest absolute Gasteiger partial charge is 0.475 e. The van der Waals surface area contributed by atoms with Crippen molar-refractivity contribution >= 4 is 5.97 Å². The number of likely N-dealkylation sites (tertiary alicyclic amines) is 1. The van der Waals surface area contributed by atoms with Crippen molar-refractivity contribution in [3.63, 3.8) is 0 Å². The number of alkyl halides is 3. The minimum Gasteiger partial charge on any atom is -0.475 e. The van der Waals surface area contributed by atoms with Crippen LogP contribution >= 0.6 is 0 Å². The van der Waals surface area contributed by atoms with Crippen LogP contribution in [0.2, 0.25) is 0 Å². The topological polar surface area (TPSA) is 65.7 Å². The summed E-state index contributed by atoms with van der Waals surface area (Å²) in [6.07, 6.45) is 0.922. The minimum atomic E-state index is -5.08. The van der Waals surface area contributed by atoms with Crippen molar-refractivity contribution in [3.8, 4) is 5.69 Å². The number of aliphatic carboxylic acids is 1. The SMILES string of the molecule is O=C(O)C(F)(F)F.OC1CCCN(Cc2ccc(-n3cccc3)cc2)C1. The number of rotatable bonds is 3. The molecule has 0 bridgehead atoms. The van der Waals surface area contributed by atoms with E-state index in [1.807, 2.05) is 12.1 Å². The van der Waals surface area contributed by atoms with E-state index in [9.17, 15) is 18.3 Å². The van der Waals surface area contributed by atoms with E-state index >= 15 is 0 Å². The van der Waals surface area contributed by atoms with Crippen LogP contribution in [0.25, 0.3) is 5.69 Å². The molecule has 0 aliphatic carbocycles. The molecular formula is C18H21F3N2O3. The lowest BCUT2D eigenvalue weighted by atomic mass is 10.1. The molecule has 1 fully saturated rings. The first-order valence-corrected chi connectivity index (χ1v) is 8.18. The summed E-state index contributed by atoms with van der Waals surface area (Å²) >= 11 is 0. The van der Waals surface area contributed by atoms with Gasteiger partial charge in [-0.3, -0.25) is 4.90 Å². The van der Waals surface area contributed by atoms with Crippen LogP contribution in [-0.2, 0) is 11.3 Å². The second-order valence-electron chi connectivity index (χ2n) is 6.09. The van der Waals surface area contributed by atoms with Gasteiger partial charge in [0, 0.05) is 31.2 Å². The molecule has 1 saturated heterocycles. The Balaban J connectivity index is 0.000000298. The molecule has 1 aromatic carbocycles. The van der Waals surface area contributed by atoms with Crippen molar-refractivity contribution in [2.24, 2.45) is 0 Å². The molecule has 0 amide bonds. The van der Waals surface area contributed by atoms with Crippen molar-refractivity contribution < 1.29 is 28.2 Å². The summed E-state index contributed by atoms with van der Waals surface area (Å²) in [6, 6.07) is 12.7. The summed E-state index contributed by atoms with van der Waals surface area (Å²) in [5.41, 5.74) is 2.50. The van der Waals surface area contributed by atoms with Crippen LogP contribution in [0.4, 0.5) is 13.2 Å². The first kappa shape index (κ1) is 20.0. The first-order chi connectivity index (χ1) is 12.3. The highest BCUT2D eigenvalue weighted by molar-refractivity contribution is 5.73. The lowest BCUT2D eigenvalue weighted by Crippen LogP contribution is -2.37. The van der Waals surface area contributed by atoms with Crippen molar-refractivity contribution in [2.75, 3.05) is 13.1 Å². The summed E-state index contributed by atoms with van der Waals surface area (Å²) in [5.74, 6) is -2.76. The molecular weight excluding hydrogens is 349 g/mol. The lowest BCUT2D eigenvalue weighted by Gasteiger charge is -2.29. The first-order valence-electron chi connectivity index (χ1n) is 8.18. The second-order valence-corrected chi connectivity index (χ2v) is 6.09. The molecule has 26 heavy (non-hydrogen) atoms. The van der Waals surface area contributed by atoms with Gasteiger partial charge >= 0.3 is 12.1 Å². The molecule has 1 aliphatic heterocycles. The number of benzene rings is 1. The van der Waals surface area contributed by atoms with Gasteiger partial charge in [0.2, 0.25) is 0 Å². The highest BCUT2D eigenvalue weighted by atomic mass is 19.4. The van der Waals surface area contributed by atoms with Gasteiger partial charge in [0.05, 0.1) is 6.10 Å². The van der Waals surface area contributed by atoms with Crippen molar-refractivity contribution in [1.29, 1.82) is 0 Å². The molecule has 2 aromatic rings. The molecule has 1 unspecified atom stereocenters. The van der Waals surface area contributed by atoms with Gasteiger partial charge in [0.25, 0.3) is 0 Å². The fraction of sp³-hybridized carbons (Fsp3) is 0.389. The van der Waals surface area contributed by atoms with E-state index in [-0.39, 0.29) is 6.10 Å². The molecule has 0 saturated carbocycles. The number of β-amino-alcohol motifs (C(OH)–C–C–N with tert-alkyl or cyclic N) is 1. The van der Waals surface area contributed by atoms with Crippen LogP contribution in [-0.4, -0.2) is 51.0 Å². The average Bonchev–Trinajstić information content (AvgIpc) is 3.10. The molecule has 8 heteroatoms. The number of carbonyl (C=O) groups is 1. The minimum absolute atomic E-state index is 0.145. The van der Waals surface area contributed by atoms with E-state index in [2.05, 4.69) is 46.1 Å². The number of hydrogen-bond donors (Lipinski definition) is 2. The molecule has 1 aromatic heterocycles. The fourth-order valence-electron chi connectivity index (χ4n) is 2.71. The molecule has 2 N–H and O–H groups in total. The largest absolute Gasteiger partial charge is 0.490 e. The van der Waals surface area contributed by atoms with E-state index in [1.165, 1.54) is 11.3 Å². The molecule has 1 aliphatic rings. The predicted octanol–water partition coefficient (Wildman–Crippen LogP) is 3.07. The highest BCUT2D eigenvalue weighted by Gasteiger charge is 2.38. The normalized spacial score (nSPS) is 18.1. The van der Waals surface area contributed by atoms with Gasteiger partial charge < -0.3 is 14.8 Å². The third-order valence-electron chi connectivity index (χ3n) is 3.97. The molecule has 1 atom stereocenters. The van der Waals surface area contributed by atoms with E-state index < -0.39 is 12.1 Å². The Morgan fingerprint density at radius 3 is 2.23 bits per heavy atom. The maximum Gasteiger partial charge on any atom is 0.490 e. The predicted molar refractivity (Wildman–Crippen MR) is 90.0 cm³/mol. The van der Waals surface area contributed by atoms with Crippen LogP contribution < -0.4 is 0 Å².